The molecular formula is C20H25N3O3. The number of unbranched alkanes of at least 4 members (excludes halogenated alkanes) is 2. The molecule has 2 aromatic rings. The first-order chi connectivity index (χ1) is 12.7. The summed E-state index contributed by atoms with van der Waals surface area (Å²) >= 11 is 0. The number of nitrogens with zero attached hydrogens (tertiary/aromatic N) is 2. The molecule has 1 aliphatic rings. The van der Waals surface area contributed by atoms with Crippen LogP contribution in [0, 0.1) is 5.92 Å². The second kappa shape index (κ2) is 8.65. The Balaban J connectivity index is 1.60. The molecule has 0 unspecified atom stereocenters. The number of nitrogens with one attached hydrogen (secondary N) is 1. The maximum atomic E-state index is 12.9. The van der Waals surface area contributed by atoms with Crippen LogP contribution < -0.4 is 5.32 Å². The lowest BCUT2D eigenvalue weighted by Crippen LogP contribution is -2.39. The highest BCUT2D eigenvalue weighted by molar-refractivity contribution is 5.94. The molecular weight excluding hydrogens is 330 g/mol. The fourth-order valence-corrected chi connectivity index (χ4v) is 3.22. The molecule has 0 bridgehead atoms. The highest BCUT2D eigenvalue weighted by atomic mass is 16.5. The van der Waals surface area contributed by atoms with E-state index in [4.69, 9.17) is 4.52 Å². The number of rotatable bonds is 9. The minimum absolute atomic E-state index is 0.0149. The van der Waals surface area contributed by atoms with Crippen molar-refractivity contribution < 1.29 is 14.1 Å². The molecule has 1 fully saturated rings. The van der Waals surface area contributed by atoms with Gasteiger partial charge in [-0.25, -0.2) is 0 Å². The summed E-state index contributed by atoms with van der Waals surface area (Å²) in [5.74, 6) is 0.449. The quantitative estimate of drug-likeness (QED) is 0.699. The Hall–Kier alpha value is -2.63. The summed E-state index contributed by atoms with van der Waals surface area (Å²) in [5.41, 5.74) is 1.20. The largest absolute Gasteiger partial charge is 0.363 e. The molecule has 2 amide bonds. The average Bonchev–Trinajstić information content (AvgIpc) is 3.30. The maximum absolute atomic E-state index is 12.9. The van der Waals surface area contributed by atoms with Crippen molar-refractivity contribution in [2.75, 3.05) is 18.4 Å². The molecule has 0 spiro atoms. The van der Waals surface area contributed by atoms with Crippen molar-refractivity contribution in [1.82, 2.24) is 10.1 Å². The van der Waals surface area contributed by atoms with Crippen LogP contribution in [0.1, 0.15) is 44.1 Å². The Labute approximate surface area is 153 Å². The summed E-state index contributed by atoms with van der Waals surface area (Å²) < 4.78 is 4.71. The van der Waals surface area contributed by atoms with Crippen LogP contribution >= 0.6 is 0 Å². The van der Waals surface area contributed by atoms with Gasteiger partial charge in [-0.1, -0.05) is 55.3 Å². The van der Waals surface area contributed by atoms with Crippen molar-refractivity contribution in [3.63, 3.8) is 0 Å². The number of hydrogen-bond donors (Lipinski definition) is 1. The van der Waals surface area contributed by atoms with Crippen molar-refractivity contribution in [3.05, 3.63) is 48.2 Å². The second-order valence-corrected chi connectivity index (χ2v) is 6.76. The van der Waals surface area contributed by atoms with Gasteiger partial charge < -0.3 is 14.7 Å². The number of hydrogen-bond acceptors (Lipinski definition) is 4. The molecule has 1 aliphatic carbocycles. The summed E-state index contributed by atoms with van der Waals surface area (Å²) in [4.78, 5) is 26.9. The van der Waals surface area contributed by atoms with Crippen molar-refractivity contribution in [3.8, 4) is 0 Å². The van der Waals surface area contributed by atoms with E-state index in [1.807, 2.05) is 18.2 Å². The van der Waals surface area contributed by atoms with Gasteiger partial charge in [0.2, 0.25) is 11.8 Å². The molecule has 0 aliphatic heterocycles. The van der Waals surface area contributed by atoms with Gasteiger partial charge in [0, 0.05) is 18.5 Å². The van der Waals surface area contributed by atoms with Crippen LogP contribution in [0.4, 0.5) is 5.82 Å². The summed E-state index contributed by atoms with van der Waals surface area (Å²) in [6.45, 7) is 2.78. The van der Waals surface area contributed by atoms with Gasteiger partial charge in [-0.15, -0.1) is 0 Å². The van der Waals surface area contributed by atoms with Gasteiger partial charge in [0.15, 0.2) is 5.82 Å². The van der Waals surface area contributed by atoms with Gasteiger partial charge >= 0.3 is 0 Å². The first kappa shape index (κ1) is 18.2. The zero-order valence-electron chi connectivity index (χ0n) is 15.1. The molecule has 1 N–H and O–H groups in total. The lowest BCUT2D eigenvalue weighted by atomic mass is 10.1. The lowest BCUT2D eigenvalue weighted by Gasteiger charge is -2.22. The van der Waals surface area contributed by atoms with Crippen LogP contribution in [-0.2, 0) is 9.59 Å². The van der Waals surface area contributed by atoms with Crippen LogP contribution in [0.5, 0.6) is 0 Å². The van der Waals surface area contributed by atoms with Crippen LogP contribution in [0.3, 0.4) is 0 Å². The summed E-state index contributed by atoms with van der Waals surface area (Å²) in [5, 5.41) is 6.33. The van der Waals surface area contributed by atoms with E-state index in [0.717, 1.165) is 25.7 Å². The van der Waals surface area contributed by atoms with Gasteiger partial charge in [-0.3, -0.25) is 9.59 Å². The summed E-state index contributed by atoms with van der Waals surface area (Å²) in [7, 11) is 0. The minimum atomic E-state index is -0.249. The zero-order chi connectivity index (χ0) is 18.4. The van der Waals surface area contributed by atoms with Crippen LogP contribution in [-0.4, -0.2) is 35.0 Å². The molecule has 3 rings (SSSR count). The zero-order valence-corrected chi connectivity index (χ0v) is 15.1. The average molecular weight is 355 g/mol. The first-order valence-corrected chi connectivity index (χ1v) is 9.23. The Morgan fingerprint density at radius 1 is 1.23 bits per heavy atom. The standard InChI is InChI=1S/C20H25N3O3/c1-2-3-7-11-23(14-19(24)21-18-10-12-26-22-18)20(25)17-13-16(17)15-8-5-4-6-9-15/h4-6,8-10,12,16-17H,2-3,7,11,13-14H2,1H3,(H,21,22,24)/t16-,17-/m0/s1. The Bertz CT molecular complexity index is 715. The fourth-order valence-electron chi connectivity index (χ4n) is 3.22. The van der Waals surface area contributed by atoms with Gasteiger partial charge in [-0.05, 0) is 24.3 Å². The molecule has 1 heterocycles. The van der Waals surface area contributed by atoms with Gasteiger partial charge in [0.25, 0.3) is 0 Å². The molecule has 26 heavy (non-hydrogen) atoms. The molecule has 6 nitrogen and oxygen atoms in total. The Morgan fingerprint density at radius 2 is 2.04 bits per heavy atom. The number of benzene rings is 1. The lowest BCUT2D eigenvalue weighted by molar-refractivity contribution is -0.136. The molecule has 1 aromatic carbocycles. The monoisotopic (exact) mass is 355 g/mol. The third-order valence-electron chi connectivity index (χ3n) is 4.72. The molecule has 138 valence electrons. The SMILES string of the molecule is CCCCCN(CC(=O)Nc1ccon1)C(=O)[C@H]1C[C@H]1c1ccccc1. The van der Waals surface area contributed by atoms with Crippen molar-refractivity contribution in [2.24, 2.45) is 5.92 Å². The van der Waals surface area contributed by atoms with E-state index in [2.05, 4.69) is 29.5 Å². The minimum Gasteiger partial charge on any atom is -0.363 e. The Morgan fingerprint density at radius 3 is 2.73 bits per heavy atom. The molecule has 1 saturated carbocycles. The van der Waals surface area contributed by atoms with E-state index in [0.29, 0.717) is 12.4 Å². The van der Waals surface area contributed by atoms with E-state index in [9.17, 15) is 9.59 Å². The number of carbonyl (C=O) groups is 2. The van der Waals surface area contributed by atoms with Crippen LogP contribution in [0.15, 0.2) is 47.2 Å². The normalized spacial score (nSPS) is 18.3. The van der Waals surface area contributed by atoms with Crippen LogP contribution in [0.2, 0.25) is 0 Å². The molecule has 1 aromatic heterocycles. The first-order valence-electron chi connectivity index (χ1n) is 9.23. The summed E-state index contributed by atoms with van der Waals surface area (Å²) in [6, 6.07) is 11.7. The third kappa shape index (κ3) is 4.71. The van der Waals surface area contributed by atoms with Crippen LogP contribution in [0.25, 0.3) is 0 Å². The summed E-state index contributed by atoms with van der Waals surface area (Å²) in [6.07, 6.45) is 5.28. The van der Waals surface area contributed by atoms with E-state index < -0.39 is 0 Å². The van der Waals surface area contributed by atoms with E-state index in [1.54, 1.807) is 11.0 Å². The topological polar surface area (TPSA) is 75.4 Å². The van der Waals surface area contributed by atoms with Crippen molar-refractivity contribution >= 4 is 17.6 Å². The number of aromatic nitrogens is 1. The van der Waals surface area contributed by atoms with Crippen molar-refractivity contribution in [1.29, 1.82) is 0 Å². The second-order valence-electron chi connectivity index (χ2n) is 6.76. The smallest absolute Gasteiger partial charge is 0.245 e. The number of anilines is 1. The van der Waals surface area contributed by atoms with Gasteiger partial charge in [-0.2, -0.15) is 0 Å². The highest BCUT2D eigenvalue weighted by Gasteiger charge is 2.45. The molecule has 0 saturated heterocycles. The maximum Gasteiger partial charge on any atom is 0.245 e. The predicted molar refractivity (Wildman–Crippen MR) is 98.5 cm³/mol. The van der Waals surface area contributed by atoms with E-state index in [-0.39, 0.29) is 30.2 Å². The number of carbonyl (C=O) groups excluding carboxylic acids is 2. The van der Waals surface area contributed by atoms with E-state index >= 15 is 0 Å². The highest BCUT2D eigenvalue weighted by Crippen LogP contribution is 2.48. The fraction of sp³-hybridized carbons (Fsp3) is 0.450. The molecule has 0 radical (unpaired) electrons. The van der Waals surface area contributed by atoms with Gasteiger partial charge in [0.05, 0.1) is 6.54 Å². The molecule has 6 heteroatoms. The van der Waals surface area contributed by atoms with Crippen molar-refractivity contribution in [2.45, 2.75) is 38.5 Å². The third-order valence-corrected chi connectivity index (χ3v) is 4.72. The van der Waals surface area contributed by atoms with Gasteiger partial charge in [0.1, 0.15) is 6.26 Å². The predicted octanol–water partition coefficient (Wildman–Crippen LogP) is 3.44. The number of amides is 2. The molecule has 2 atom stereocenters. The van der Waals surface area contributed by atoms with E-state index in [1.165, 1.54) is 11.8 Å². The Kier molecular flexibility index (Phi) is 6.04.